The van der Waals surface area contributed by atoms with Crippen molar-refractivity contribution in [1.29, 1.82) is 0 Å². The first kappa shape index (κ1) is 20.6. The molecule has 1 aliphatic rings. The Bertz CT molecular complexity index is 1120. The van der Waals surface area contributed by atoms with Crippen LogP contribution in [0.15, 0.2) is 70.9 Å². The Kier molecular flexibility index (Phi) is 6.20. The second-order valence-corrected chi connectivity index (χ2v) is 10.6. The van der Waals surface area contributed by atoms with E-state index in [9.17, 15) is 13.2 Å². The number of benzene rings is 2. The smallest absolute Gasteiger partial charge is 0.255 e. The van der Waals surface area contributed by atoms with Gasteiger partial charge < -0.3 is 10.1 Å². The summed E-state index contributed by atoms with van der Waals surface area (Å²) < 4.78 is 31.4. The summed E-state index contributed by atoms with van der Waals surface area (Å²) in [6.07, 6.45) is 3.31. The number of hydrogen-bond donors (Lipinski definition) is 1. The molecule has 0 radical (unpaired) electrons. The number of amides is 1. The molecule has 30 heavy (non-hydrogen) atoms. The molecule has 0 saturated heterocycles. The van der Waals surface area contributed by atoms with E-state index in [4.69, 9.17) is 4.74 Å². The van der Waals surface area contributed by atoms with Gasteiger partial charge in [0, 0.05) is 16.1 Å². The van der Waals surface area contributed by atoms with Crippen LogP contribution in [0.3, 0.4) is 0 Å². The molecule has 1 saturated carbocycles. The molecule has 0 unspecified atom stereocenters. The van der Waals surface area contributed by atoms with Crippen molar-refractivity contribution < 1.29 is 17.9 Å². The lowest BCUT2D eigenvalue weighted by molar-refractivity contribution is 0.102. The summed E-state index contributed by atoms with van der Waals surface area (Å²) in [6, 6.07) is 17.4. The van der Waals surface area contributed by atoms with Crippen LogP contribution in [0.1, 0.15) is 40.9 Å². The molecule has 1 fully saturated rings. The molecule has 7 heteroatoms. The van der Waals surface area contributed by atoms with Crippen LogP contribution < -0.4 is 10.1 Å². The van der Waals surface area contributed by atoms with Gasteiger partial charge in [-0.05, 0) is 60.7 Å². The first-order valence-corrected chi connectivity index (χ1v) is 12.4. The molecule has 0 spiro atoms. The number of nitrogens with one attached hydrogen (secondary N) is 1. The number of ether oxygens (including phenoxy) is 1. The topological polar surface area (TPSA) is 72.5 Å². The Morgan fingerprint density at radius 1 is 1.03 bits per heavy atom. The minimum Gasteiger partial charge on any atom is -0.488 e. The Hall–Kier alpha value is -2.64. The van der Waals surface area contributed by atoms with Crippen LogP contribution in [-0.2, 0) is 16.4 Å². The number of anilines is 1. The number of hydrogen-bond acceptors (Lipinski definition) is 5. The van der Waals surface area contributed by atoms with Crippen molar-refractivity contribution in [3.63, 3.8) is 0 Å². The number of carbonyl (C=O) groups is 1. The molecule has 2 aromatic carbocycles. The Morgan fingerprint density at radius 2 is 1.83 bits per heavy atom. The van der Waals surface area contributed by atoms with Crippen LogP contribution in [-0.4, -0.2) is 19.6 Å². The third-order valence-electron chi connectivity index (χ3n) is 5.22. The number of sulfone groups is 1. The van der Waals surface area contributed by atoms with Crippen molar-refractivity contribution in [3.05, 3.63) is 76.5 Å². The summed E-state index contributed by atoms with van der Waals surface area (Å²) in [5, 5.41) is 4.47. The van der Waals surface area contributed by atoms with E-state index in [1.807, 2.05) is 17.5 Å². The van der Waals surface area contributed by atoms with E-state index in [2.05, 4.69) is 5.32 Å². The van der Waals surface area contributed by atoms with Gasteiger partial charge in [0.05, 0.1) is 10.1 Å². The zero-order valence-electron chi connectivity index (χ0n) is 16.4. The van der Waals surface area contributed by atoms with Gasteiger partial charge in [-0.15, -0.1) is 11.3 Å². The van der Waals surface area contributed by atoms with Gasteiger partial charge >= 0.3 is 0 Å². The van der Waals surface area contributed by atoms with E-state index >= 15 is 0 Å². The molecular weight excluding hydrogens is 418 g/mol. The SMILES string of the molecule is O=C(Nc1cccc(S(=O)(=O)C2CCCC2)c1)c1cccc(OCc2cccs2)c1. The maximum absolute atomic E-state index is 12.8. The molecule has 0 bridgehead atoms. The molecule has 5 nitrogen and oxygen atoms in total. The van der Waals surface area contributed by atoms with Gasteiger partial charge in [-0.1, -0.05) is 31.0 Å². The summed E-state index contributed by atoms with van der Waals surface area (Å²) >= 11 is 1.61. The van der Waals surface area contributed by atoms with Crippen molar-refractivity contribution in [3.8, 4) is 5.75 Å². The first-order valence-electron chi connectivity index (χ1n) is 9.93. The Labute approximate surface area is 180 Å². The maximum atomic E-state index is 12.8. The Balaban J connectivity index is 1.45. The molecule has 1 aromatic heterocycles. The molecule has 1 N–H and O–H groups in total. The van der Waals surface area contributed by atoms with E-state index < -0.39 is 9.84 Å². The third kappa shape index (κ3) is 4.74. The molecule has 1 heterocycles. The largest absolute Gasteiger partial charge is 0.488 e. The lowest BCUT2D eigenvalue weighted by atomic mass is 10.2. The molecule has 1 aliphatic carbocycles. The minimum atomic E-state index is -3.37. The molecular formula is C23H23NO4S2. The Morgan fingerprint density at radius 3 is 2.60 bits per heavy atom. The van der Waals surface area contributed by atoms with E-state index in [-0.39, 0.29) is 16.1 Å². The zero-order chi connectivity index (χ0) is 21.0. The molecule has 4 rings (SSSR count). The number of thiophene rings is 1. The van der Waals surface area contributed by atoms with Crippen LogP contribution in [0, 0.1) is 0 Å². The highest BCUT2D eigenvalue weighted by Gasteiger charge is 2.30. The summed E-state index contributed by atoms with van der Waals surface area (Å²) in [5.41, 5.74) is 0.909. The van der Waals surface area contributed by atoms with Crippen molar-refractivity contribution in [2.24, 2.45) is 0 Å². The normalized spacial score (nSPS) is 14.5. The highest BCUT2D eigenvalue weighted by Crippen LogP contribution is 2.30. The van der Waals surface area contributed by atoms with Gasteiger partial charge in [0.1, 0.15) is 12.4 Å². The van der Waals surface area contributed by atoms with Crippen molar-refractivity contribution in [2.45, 2.75) is 42.4 Å². The summed E-state index contributed by atoms with van der Waals surface area (Å²) in [5.74, 6) is 0.292. The number of rotatable bonds is 7. The van der Waals surface area contributed by atoms with E-state index in [0.717, 1.165) is 17.7 Å². The lowest BCUT2D eigenvalue weighted by Crippen LogP contribution is -2.18. The van der Waals surface area contributed by atoms with Crippen LogP contribution in [0.5, 0.6) is 5.75 Å². The standard InChI is InChI=1S/C23H23NO4S2/c25-23(17-6-3-8-19(14-17)28-16-20-9-5-13-29-20)24-18-7-4-12-22(15-18)30(26,27)21-10-1-2-11-21/h3-9,12-15,21H,1-2,10-11,16H2,(H,24,25). The molecule has 0 atom stereocenters. The van der Waals surface area contributed by atoms with E-state index in [1.165, 1.54) is 0 Å². The predicted octanol–water partition coefficient (Wildman–Crippen LogP) is 5.30. The van der Waals surface area contributed by atoms with Gasteiger partial charge in [0.25, 0.3) is 5.91 Å². The second kappa shape index (κ2) is 9.02. The summed E-state index contributed by atoms with van der Waals surface area (Å²) in [6.45, 7) is 0.448. The molecule has 3 aromatic rings. The van der Waals surface area contributed by atoms with Gasteiger partial charge in [-0.2, -0.15) is 0 Å². The van der Waals surface area contributed by atoms with Crippen LogP contribution in [0.4, 0.5) is 5.69 Å². The average Bonchev–Trinajstić information content (AvgIpc) is 3.47. The van der Waals surface area contributed by atoms with Crippen LogP contribution in [0.2, 0.25) is 0 Å². The summed E-state index contributed by atoms with van der Waals surface area (Å²) in [7, 11) is -3.37. The fourth-order valence-electron chi connectivity index (χ4n) is 3.62. The molecule has 156 valence electrons. The van der Waals surface area contributed by atoms with Gasteiger partial charge in [0.15, 0.2) is 9.84 Å². The van der Waals surface area contributed by atoms with Crippen molar-refractivity contribution >= 4 is 32.8 Å². The van der Waals surface area contributed by atoms with Crippen LogP contribution >= 0.6 is 11.3 Å². The minimum absolute atomic E-state index is 0.264. The predicted molar refractivity (Wildman–Crippen MR) is 119 cm³/mol. The fourth-order valence-corrected chi connectivity index (χ4v) is 6.14. The van der Waals surface area contributed by atoms with Gasteiger partial charge in [-0.3, -0.25) is 4.79 Å². The third-order valence-corrected chi connectivity index (χ3v) is 8.33. The second-order valence-electron chi connectivity index (χ2n) is 7.33. The average molecular weight is 442 g/mol. The van der Waals surface area contributed by atoms with Crippen molar-refractivity contribution in [2.75, 3.05) is 5.32 Å². The van der Waals surface area contributed by atoms with Crippen LogP contribution in [0.25, 0.3) is 0 Å². The highest BCUT2D eigenvalue weighted by molar-refractivity contribution is 7.92. The quantitative estimate of drug-likeness (QED) is 0.540. The maximum Gasteiger partial charge on any atom is 0.255 e. The van der Waals surface area contributed by atoms with Gasteiger partial charge in [-0.25, -0.2) is 8.42 Å². The highest BCUT2D eigenvalue weighted by atomic mass is 32.2. The zero-order valence-corrected chi connectivity index (χ0v) is 18.0. The number of carbonyl (C=O) groups excluding carboxylic acids is 1. The fraction of sp³-hybridized carbons (Fsp3) is 0.261. The summed E-state index contributed by atoms with van der Waals surface area (Å²) in [4.78, 5) is 14.1. The van der Waals surface area contributed by atoms with Gasteiger partial charge in [0.2, 0.25) is 0 Å². The lowest BCUT2D eigenvalue weighted by Gasteiger charge is -2.13. The first-order chi connectivity index (χ1) is 14.5. The van der Waals surface area contributed by atoms with E-state index in [1.54, 1.807) is 59.9 Å². The monoisotopic (exact) mass is 441 g/mol. The van der Waals surface area contributed by atoms with Crippen molar-refractivity contribution in [1.82, 2.24) is 0 Å². The molecule has 1 amide bonds. The van der Waals surface area contributed by atoms with E-state index in [0.29, 0.717) is 36.4 Å². The molecule has 0 aliphatic heterocycles.